The highest BCUT2D eigenvalue weighted by atomic mass is 16.6. The number of hydrogen-bond acceptors (Lipinski definition) is 5. The van der Waals surface area contributed by atoms with Crippen molar-refractivity contribution >= 4 is 22.6 Å². The van der Waals surface area contributed by atoms with E-state index in [1.807, 2.05) is 12.1 Å². The summed E-state index contributed by atoms with van der Waals surface area (Å²) in [4.78, 5) is 16.7. The molecule has 7 heteroatoms. The minimum Gasteiger partial charge on any atom is -0.497 e. The molecule has 0 atom stereocenters. The summed E-state index contributed by atoms with van der Waals surface area (Å²) in [7, 11) is 1.60. The third-order valence-electron chi connectivity index (χ3n) is 3.97. The Bertz CT molecular complexity index is 918. The van der Waals surface area contributed by atoms with Crippen LogP contribution in [0.1, 0.15) is 0 Å². The second-order valence-corrected chi connectivity index (χ2v) is 5.63. The van der Waals surface area contributed by atoms with E-state index in [0.717, 1.165) is 16.8 Å². The molecule has 0 radical (unpaired) electrons. The number of fused-ring (bicyclic) bond motifs is 2. The number of amides is 1. The summed E-state index contributed by atoms with van der Waals surface area (Å²) in [5.41, 5.74) is 2.31. The molecule has 0 bridgehead atoms. The van der Waals surface area contributed by atoms with Crippen LogP contribution in [0.15, 0.2) is 42.7 Å². The second kappa shape index (κ2) is 6.35. The van der Waals surface area contributed by atoms with Crippen LogP contribution in [0, 0.1) is 0 Å². The summed E-state index contributed by atoms with van der Waals surface area (Å²) in [5, 5.41) is 2.86. The Morgan fingerprint density at radius 1 is 1.20 bits per heavy atom. The first-order chi connectivity index (χ1) is 12.2. The first-order valence-electron chi connectivity index (χ1n) is 7.91. The monoisotopic (exact) mass is 339 g/mol. The topological polar surface area (TPSA) is 74.6 Å². The third-order valence-corrected chi connectivity index (χ3v) is 3.97. The first kappa shape index (κ1) is 15.3. The van der Waals surface area contributed by atoms with Crippen LogP contribution < -0.4 is 19.5 Å². The van der Waals surface area contributed by atoms with Gasteiger partial charge < -0.3 is 24.1 Å². The fraction of sp³-hybridized carbons (Fsp3) is 0.222. The quantitative estimate of drug-likeness (QED) is 0.790. The predicted octanol–water partition coefficient (Wildman–Crippen LogP) is 2.45. The number of anilines is 1. The van der Waals surface area contributed by atoms with Crippen molar-refractivity contribution in [3.63, 3.8) is 0 Å². The Morgan fingerprint density at radius 2 is 1.92 bits per heavy atom. The molecule has 0 unspecified atom stereocenters. The molecule has 0 saturated heterocycles. The molecule has 0 saturated carbocycles. The van der Waals surface area contributed by atoms with Crippen LogP contribution in [0.2, 0.25) is 0 Å². The number of ether oxygens (including phenoxy) is 3. The Morgan fingerprint density at radius 3 is 2.64 bits per heavy atom. The fourth-order valence-corrected chi connectivity index (χ4v) is 2.75. The van der Waals surface area contributed by atoms with E-state index in [4.69, 9.17) is 14.2 Å². The summed E-state index contributed by atoms with van der Waals surface area (Å²) >= 11 is 0. The smallest absolute Gasteiger partial charge is 0.244 e. The van der Waals surface area contributed by atoms with Gasteiger partial charge in [-0.2, -0.15) is 0 Å². The maximum absolute atomic E-state index is 12.3. The number of carbonyl (C=O) groups excluding carboxylic acids is 1. The van der Waals surface area contributed by atoms with Crippen molar-refractivity contribution in [3.05, 3.63) is 42.7 Å². The number of nitrogens with one attached hydrogen (secondary N) is 1. The van der Waals surface area contributed by atoms with Crippen molar-refractivity contribution in [1.82, 2.24) is 9.55 Å². The molecule has 128 valence electrons. The average molecular weight is 339 g/mol. The number of benzene rings is 2. The Hall–Kier alpha value is -3.22. The minimum absolute atomic E-state index is 0.139. The molecule has 25 heavy (non-hydrogen) atoms. The van der Waals surface area contributed by atoms with E-state index in [2.05, 4.69) is 10.3 Å². The highest BCUT2D eigenvalue weighted by molar-refractivity contribution is 5.92. The SMILES string of the molecule is COc1ccc(NC(=O)Cn2cnc3cc4c(cc32)OCCO4)cc1. The Labute approximate surface area is 144 Å². The Kier molecular flexibility index (Phi) is 3.89. The maximum atomic E-state index is 12.3. The van der Waals surface area contributed by atoms with E-state index in [0.29, 0.717) is 30.4 Å². The normalized spacial score (nSPS) is 12.8. The van der Waals surface area contributed by atoms with Crippen LogP contribution in [0.5, 0.6) is 17.2 Å². The summed E-state index contributed by atoms with van der Waals surface area (Å²) in [6.45, 7) is 1.20. The van der Waals surface area contributed by atoms with E-state index < -0.39 is 0 Å². The molecule has 0 fully saturated rings. The van der Waals surface area contributed by atoms with Gasteiger partial charge in [0.25, 0.3) is 0 Å². The van der Waals surface area contributed by atoms with E-state index in [1.165, 1.54) is 0 Å². The molecule has 0 spiro atoms. The lowest BCUT2D eigenvalue weighted by Crippen LogP contribution is -2.18. The largest absolute Gasteiger partial charge is 0.497 e. The average Bonchev–Trinajstić information content (AvgIpc) is 3.02. The van der Waals surface area contributed by atoms with Crippen LogP contribution in [0.3, 0.4) is 0 Å². The number of methoxy groups -OCH3 is 1. The lowest BCUT2D eigenvalue weighted by molar-refractivity contribution is -0.116. The molecule has 1 amide bonds. The number of imidazole rings is 1. The number of rotatable bonds is 4. The maximum Gasteiger partial charge on any atom is 0.244 e. The molecule has 7 nitrogen and oxygen atoms in total. The van der Waals surface area contributed by atoms with Gasteiger partial charge in [-0.05, 0) is 24.3 Å². The molecule has 4 rings (SSSR count). The van der Waals surface area contributed by atoms with Gasteiger partial charge >= 0.3 is 0 Å². The lowest BCUT2D eigenvalue weighted by atomic mass is 10.2. The molecule has 0 aliphatic carbocycles. The minimum atomic E-state index is -0.139. The van der Waals surface area contributed by atoms with Crippen LogP contribution in [0.4, 0.5) is 5.69 Å². The zero-order valence-corrected chi connectivity index (χ0v) is 13.7. The van der Waals surface area contributed by atoms with Crippen LogP contribution >= 0.6 is 0 Å². The van der Waals surface area contributed by atoms with Crippen molar-refractivity contribution in [2.75, 3.05) is 25.6 Å². The van der Waals surface area contributed by atoms with E-state index in [9.17, 15) is 4.79 Å². The molecule has 1 aliphatic heterocycles. The number of carbonyl (C=O) groups is 1. The van der Waals surface area contributed by atoms with Gasteiger partial charge in [0.15, 0.2) is 11.5 Å². The van der Waals surface area contributed by atoms with Gasteiger partial charge in [-0.25, -0.2) is 4.98 Å². The first-order valence-corrected chi connectivity index (χ1v) is 7.91. The van der Waals surface area contributed by atoms with Crippen molar-refractivity contribution in [2.45, 2.75) is 6.54 Å². The van der Waals surface area contributed by atoms with E-state index in [1.54, 1.807) is 42.3 Å². The van der Waals surface area contributed by atoms with Gasteiger partial charge in [-0.3, -0.25) is 4.79 Å². The van der Waals surface area contributed by atoms with E-state index >= 15 is 0 Å². The van der Waals surface area contributed by atoms with Gasteiger partial charge in [-0.15, -0.1) is 0 Å². The third kappa shape index (κ3) is 3.08. The molecule has 3 aromatic rings. The number of aromatic nitrogens is 2. The summed E-state index contributed by atoms with van der Waals surface area (Å²) < 4.78 is 18.0. The zero-order valence-electron chi connectivity index (χ0n) is 13.7. The summed E-state index contributed by atoms with van der Waals surface area (Å²) in [6, 6.07) is 10.9. The molecule has 1 aromatic heterocycles. The molecule has 2 heterocycles. The second-order valence-electron chi connectivity index (χ2n) is 5.63. The molecular formula is C18H17N3O4. The Balaban J connectivity index is 1.52. The van der Waals surface area contributed by atoms with Crippen molar-refractivity contribution in [2.24, 2.45) is 0 Å². The predicted molar refractivity (Wildman–Crippen MR) is 92.3 cm³/mol. The van der Waals surface area contributed by atoms with Gasteiger partial charge in [0.2, 0.25) is 5.91 Å². The molecular weight excluding hydrogens is 322 g/mol. The summed E-state index contributed by atoms with van der Waals surface area (Å²) in [6.07, 6.45) is 1.64. The van der Waals surface area contributed by atoms with Crippen LogP contribution in [-0.2, 0) is 11.3 Å². The van der Waals surface area contributed by atoms with Gasteiger partial charge in [0.05, 0.1) is 24.5 Å². The zero-order chi connectivity index (χ0) is 17.2. The number of nitrogens with zero attached hydrogens (tertiary/aromatic N) is 2. The highest BCUT2D eigenvalue weighted by Gasteiger charge is 2.16. The van der Waals surface area contributed by atoms with Gasteiger partial charge in [0.1, 0.15) is 25.5 Å². The van der Waals surface area contributed by atoms with Gasteiger partial charge in [-0.1, -0.05) is 0 Å². The van der Waals surface area contributed by atoms with Crippen molar-refractivity contribution in [3.8, 4) is 17.2 Å². The lowest BCUT2D eigenvalue weighted by Gasteiger charge is -2.18. The van der Waals surface area contributed by atoms with E-state index in [-0.39, 0.29) is 12.5 Å². The molecule has 2 aromatic carbocycles. The fourth-order valence-electron chi connectivity index (χ4n) is 2.75. The number of hydrogen-bond donors (Lipinski definition) is 1. The molecule has 1 N–H and O–H groups in total. The standard InChI is InChI=1S/C18H17N3O4/c1-23-13-4-2-12(3-5-13)20-18(22)10-21-11-19-14-8-16-17(9-15(14)21)25-7-6-24-16/h2-5,8-9,11H,6-7,10H2,1H3,(H,20,22). The highest BCUT2D eigenvalue weighted by Crippen LogP contribution is 2.34. The molecule has 1 aliphatic rings. The van der Waals surface area contributed by atoms with Crippen molar-refractivity contribution in [1.29, 1.82) is 0 Å². The van der Waals surface area contributed by atoms with Crippen LogP contribution in [-0.4, -0.2) is 35.8 Å². The van der Waals surface area contributed by atoms with Crippen molar-refractivity contribution < 1.29 is 19.0 Å². The van der Waals surface area contributed by atoms with Crippen LogP contribution in [0.25, 0.3) is 11.0 Å². The van der Waals surface area contributed by atoms with Gasteiger partial charge in [0, 0.05) is 17.8 Å². The summed E-state index contributed by atoms with van der Waals surface area (Å²) in [5.74, 6) is 1.97.